The summed E-state index contributed by atoms with van der Waals surface area (Å²) in [6.07, 6.45) is 2.57. The molecule has 0 saturated carbocycles. The van der Waals surface area contributed by atoms with Crippen LogP contribution >= 0.6 is 0 Å². The SMILES string of the molecule is COc1cc(C)c([C@H](C=O)c2ccccn2)c(OC)c1. The van der Waals surface area contributed by atoms with Crippen LogP contribution in [0.5, 0.6) is 11.5 Å². The van der Waals surface area contributed by atoms with Crippen molar-refractivity contribution < 1.29 is 14.3 Å². The van der Waals surface area contributed by atoms with Gasteiger partial charge in [0.05, 0.1) is 25.8 Å². The summed E-state index contributed by atoms with van der Waals surface area (Å²) in [5.74, 6) is 0.885. The lowest BCUT2D eigenvalue weighted by Crippen LogP contribution is -2.09. The molecule has 4 heteroatoms. The molecule has 2 aromatic rings. The number of hydrogen-bond donors (Lipinski definition) is 0. The first-order chi connectivity index (χ1) is 9.71. The summed E-state index contributed by atoms with van der Waals surface area (Å²) in [5, 5.41) is 0. The number of benzene rings is 1. The first-order valence-corrected chi connectivity index (χ1v) is 6.30. The molecule has 1 heterocycles. The van der Waals surface area contributed by atoms with Crippen LogP contribution in [0.2, 0.25) is 0 Å². The van der Waals surface area contributed by atoms with Crippen molar-refractivity contribution in [3.05, 3.63) is 53.3 Å². The monoisotopic (exact) mass is 271 g/mol. The number of rotatable bonds is 5. The van der Waals surface area contributed by atoms with E-state index in [1.54, 1.807) is 26.5 Å². The van der Waals surface area contributed by atoms with E-state index in [0.717, 1.165) is 17.4 Å². The quantitative estimate of drug-likeness (QED) is 0.785. The molecule has 0 N–H and O–H groups in total. The average Bonchev–Trinajstić information content (AvgIpc) is 2.50. The second-order valence-corrected chi connectivity index (χ2v) is 4.43. The van der Waals surface area contributed by atoms with E-state index in [4.69, 9.17) is 9.47 Å². The van der Waals surface area contributed by atoms with Crippen LogP contribution in [0.1, 0.15) is 22.7 Å². The summed E-state index contributed by atoms with van der Waals surface area (Å²) in [6, 6.07) is 9.19. The summed E-state index contributed by atoms with van der Waals surface area (Å²) < 4.78 is 10.6. The first-order valence-electron chi connectivity index (χ1n) is 6.30. The Morgan fingerprint density at radius 2 is 2.00 bits per heavy atom. The number of aryl methyl sites for hydroxylation is 1. The minimum Gasteiger partial charge on any atom is -0.497 e. The van der Waals surface area contributed by atoms with E-state index in [9.17, 15) is 4.79 Å². The Morgan fingerprint density at radius 3 is 2.55 bits per heavy atom. The van der Waals surface area contributed by atoms with Crippen LogP contribution in [-0.4, -0.2) is 25.5 Å². The highest BCUT2D eigenvalue weighted by molar-refractivity contribution is 5.71. The maximum atomic E-state index is 11.6. The first kappa shape index (κ1) is 14.1. The molecule has 20 heavy (non-hydrogen) atoms. The maximum absolute atomic E-state index is 11.6. The average molecular weight is 271 g/mol. The molecule has 0 aliphatic rings. The van der Waals surface area contributed by atoms with Crippen LogP contribution in [0.25, 0.3) is 0 Å². The summed E-state index contributed by atoms with van der Waals surface area (Å²) >= 11 is 0. The fraction of sp³-hybridized carbons (Fsp3) is 0.250. The van der Waals surface area contributed by atoms with E-state index in [-0.39, 0.29) is 0 Å². The van der Waals surface area contributed by atoms with Crippen molar-refractivity contribution in [1.29, 1.82) is 0 Å². The largest absolute Gasteiger partial charge is 0.497 e. The molecule has 0 fully saturated rings. The number of methoxy groups -OCH3 is 2. The van der Waals surface area contributed by atoms with Gasteiger partial charge in [0.15, 0.2) is 0 Å². The predicted molar refractivity (Wildman–Crippen MR) is 76.4 cm³/mol. The van der Waals surface area contributed by atoms with Gasteiger partial charge in [-0.2, -0.15) is 0 Å². The number of aromatic nitrogens is 1. The molecular formula is C16H17NO3. The van der Waals surface area contributed by atoms with Gasteiger partial charge in [-0.05, 0) is 30.7 Å². The maximum Gasteiger partial charge on any atom is 0.133 e. The molecule has 0 unspecified atom stereocenters. The lowest BCUT2D eigenvalue weighted by atomic mass is 9.91. The Bertz CT molecular complexity index is 596. The van der Waals surface area contributed by atoms with Crippen molar-refractivity contribution in [3.8, 4) is 11.5 Å². The number of carbonyl (C=O) groups is 1. The molecule has 0 saturated heterocycles. The second-order valence-electron chi connectivity index (χ2n) is 4.43. The van der Waals surface area contributed by atoms with Gasteiger partial charge in [-0.15, -0.1) is 0 Å². The van der Waals surface area contributed by atoms with Crippen LogP contribution in [0.3, 0.4) is 0 Å². The standard InChI is InChI=1S/C16H17NO3/c1-11-8-12(19-2)9-15(20-3)16(11)13(10-18)14-6-4-5-7-17-14/h4-10,13H,1-3H3/t13-/m1/s1. The van der Waals surface area contributed by atoms with E-state index in [1.807, 2.05) is 31.2 Å². The van der Waals surface area contributed by atoms with Crippen LogP contribution in [0.15, 0.2) is 36.5 Å². The molecule has 1 aromatic heterocycles. The highest BCUT2D eigenvalue weighted by atomic mass is 16.5. The third-order valence-corrected chi connectivity index (χ3v) is 3.23. The summed E-state index contributed by atoms with van der Waals surface area (Å²) in [6.45, 7) is 1.93. The van der Waals surface area contributed by atoms with Crippen LogP contribution < -0.4 is 9.47 Å². The fourth-order valence-corrected chi connectivity index (χ4v) is 2.26. The van der Waals surface area contributed by atoms with Crippen molar-refractivity contribution in [2.75, 3.05) is 14.2 Å². The molecule has 0 amide bonds. The number of carbonyl (C=O) groups excluding carboxylic acids is 1. The van der Waals surface area contributed by atoms with Crippen LogP contribution in [-0.2, 0) is 4.79 Å². The number of aldehydes is 1. The van der Waals surface area contributed by atoms with Crippen molar-refractivity contribution in [2.45, 2.75) is 12.8 Å². The van der Waals surface area contributed by atoms with E-state index in [0.29, 0.717) is 17.2 Å². The zero-order valence-corrected chi connectivity index (χ0v) is 11.8. The highest BCUT2D eigenvalue weighted by Crippen LogP contribution is 2.35. The fourth-order valence-electron chi connectivity index (χ4n) is 2.26. The Hall–Kier alpha value is -2.36. The van der Waals surface area contributed by atoms with Gasteiger partial charge in [0.25, 0.3) is 0 Å². The Labute approximate surface area is 118 Å². The molecular weight excluding hydrogens is 254 g/mol. The Morgan fingerprint density at radius 1 is 1.20 bits per heavy atom. The number of hydrogen-bond acceptors (Lipinski definition) is 4. The molecule has 104 valence electrons. The van der Waals surface area contributed by atoms with Crippen LogP contribution in [0.4, 0.5) is 0 Å². The van der Waals surface area contributed by atoms with Crippen LogP contribution in [0, 0.1) is 6.92 Å². The van der Waals surface area contributed by atoms with E-state index >= 15 is 0 Å². The predicted octanol–water partition coefficient (Wildman–Crippen LogP) is 2.74. The minimum atomic E-state index is -0.447. The zero-order valence-electron chi connectivity index (χ0n) is 11.8. The van der Waals surface area contributed by atoms with Gasteiger partial charge < -0.3 is 14.3 Å². The molecule has 4 nitrogen and oxygen atoms in total. The zero-order chi connectivity index (χ0) is 14.5. The molecule has 2 rings (SSSR count). The van der Waals surface area contributed by atoms with Gasteiger partial charge in [0.1, 0.15) is 17.8 Å². The van der Waals surface area contributed by atoms with Gasteiger partial charge in [0, 0.05) is 17.8 Å². The third kappa shape index (κ3) is 2.64. The third-order valence-electron chi connectivity index (χ3n) is 3.23. The molecule has 0 aliphatic carbocycles. The molecule has 1 aromatic carbocycles. The normalized spacial score (nSPS) is 11.8. The summed E-state index contributed by atoms with van der Waals surface area (Å²) in [7, 11) is 3.18. The van der Waals surface area contributed by atoms with E-state index < -0.39 is 5.92 Å². The Kier molecular flexibility index (Phi) is 4.35. The van der Waals surface area contributed by atoms with Gasteiger partial charge in [-0.3, -0.25) is 4.98 Å². The van der Waals surface area contributed by atoms with Gasteiger partial charge in [-0.1, -0.05) is 6.07 Å². The lowest BCUT2D eigenvalue weighted by molar-refractivity contribution is -0.108. The van der Waals surface area contributed by atoms with Crippen molar-refractivity contribution in [3.63, 3.8) is 0 Å². The number of ether oxygens (including phenoxy) is 2. The smallest absolute Gasteiger partial charge is 0.133 e. The van der Waals surface area contributed by atoms with Gasteiger partial charge in [0.2, 0.25) is 0 Å². The molecule has 1 atom stereocenters. The lowest BCUT2D eigenvalue weighted by Gasteiger charge is -2.18. The van der Waals surface area contributed by atoms with Crippen molar-refractivity contribution in [2.24, 2.45) is 0 Å². The molecule has 0 bridgehead atoms. The number of pyridine rings is 1. The van der Waals surface area contributed by atoms with Gasteiger partial charge in [-0.25, -0.2) is 0 Å². The van der Waals surface area contributed by atoms with Gasteiger partial charge >= 0.3 is 0 Å². The summed E-state index contributed by atoms with van der Waals surface area (Å²) in [4.78, 5) is 15.8. The molecule has 0 aliphatic heterocycles. The van der Waals surface area contributed by atoms with E-state index in [2.05, 4.69) is 4.98 Å². The highest BCUT2D eigenvalue weighted by Gasteiger charge is 2.22. The Balaban J connectivity index is 2.57. The molecule has 0 radical (unpaired) electrons. The topological polar surface area (TPSA) is 48.4 Å². The van der Waals surface area contributed by atoms with E-state index in [1.165, 1.54) is 0 Å². The second kappa shape index (κ2) is 6.19. The minimum absolute atomic E-state index is 0.447. The van der Waals surface area contributed by atoms with Crippen molar-refractivity contribution in [1.82, 2.24) is 4.98 Å². The molecule has 0 spiro atoms. The van der Waals surface area contributed by atoms with Crippen molar-refractivity contribution >= 4 is 6.29 Å². The summed E-state index contributed by atoms with van der Waals surface area (Å²) in [5.41, 5.74) is 2.46. The number of nitrogens with zero attached hydrogens (tertiary/aromatic N) is 1.